The van der Waals surface area contributed by atoms with Crippen molar-refractivity contribution in [2.75, 3.05) is 0 Å². The molecule has 0 N–H and O–H groups in total. The lowest BCUT2D eigenvalue weighted by Crippen LogP contribution is -2.24. The summed E-state index contributed by atoms with van der Waals surface area (Å²) in [6, 6.07) is 18.7. The lowest BCUT2D eigenvalue weighted by Gasteiger charge is -2.17. The predicted molar refractivity (Wildman–Crippen MR) is 104 cm³/mol. The van der Waals surface area contributed by atoms with Gasteiger partial charge in [0.2, 0.25) is 0 Å². The summed E-state index contributed by atoms with van der Waals surface area (Å²) in [6.07, 6.45) is 0. The van der Waals surface area contributed by atoms with Crippen LogP contribution < -0.4 is 10.4 Å². The number of hydrogen-bond donors (Lipinski definition) is 0. The van der Waals surface area contributed by atoms with Crippen LogP contribution in [0, 0.1) is 0 Å². The minimum atomic E-state index is -0.454. The molecule has 0 aliphatic rings. The molecule has 0 nitrogen and oxygen atoms in total. The Morgan fingerprint density at radius 2 is 0.864 bits per heavy atom. The Bertz CT molecular complexity index is 901. The highest BCUT2D eigenvalue weighted by atomic mass is 28.3. The Balaban J connectivity index is 2.28. The van der Waals surface area contributed by atoms with E-state index in [-0.39, 0.29) is 0 Å². The minimum Gasteiger partial charge on any atom is -0.0671 e. The van der Waals surface area contributed by atoms with Gasteiger partial charge < -0.3 is 0 Å². The van der Waals surface area contributed by atoms with E-state index in [1.165, 1.54) is 32.3 Å². The highest BCUT2D eigenvalue weighted by Crippen LogP contribution is 2.33. The van der Waals surface area contributed by atoms with Gasteiger partial charge in [-0.3, -0.25) is 0 Å². The molecule has 0 amide bonds. The van der Waals surface area contributed by atoms with Crippen LogP contribution in [0.4, 0.5) is 0 Å². The summed E-state index contributed by atoms with van der Waals surface area (Å²) in [6.45, 7) is 9.56. The quantitative estimate of drug-likeness (QED) is 0.377. The van der Waals surface area contributed by atoms with Crippen LogP contribution in [0.2, 0.25) is 26.2 Å². The lowest BCUT2D eigenvalue weighted by molar-refractivity contribution is 1.79. The number of benzene rings is 4. The second kappa shape index (κ2) is 4.93. The number of hydrogen-bond acceptors (Lipinski definition) is 0. The molecule has 108 valence electrons. The van der Waals surface area contributed by atoms with E-state index in [0.717, 1.165) is 0 Å². The Hall–Kier alpha value is -1.65. The van der Waals surface area contributed by atoms with Crippen molar-refractivity contribution in [1.29, 1.82) is 0 Å². The van der Waals surface area contributed by atoms with Crippen LogP contribution in [0.15, 0.2) is 48.5 Å². The third-order valence-corrected chi connectivity index (χ3v) is 7.77. The van der Waals surface area contributed by atoms with Crippen LogP contribution in [0.3, 0.4) is 0 Å². The third kappa shape index (κ3) is 1.87. The van der Waals surface area contributed by atoms with E-state index in [9.17, 15) is 0 Å². The maximum absolute atomic E-state index is 2.39. The maximum atomic E-state index is 2.39. The van der Waals surface area contributed by atoms with Crippen molar-refractivity contribution in [3.63, 3.8) is 0 Å². The standard InChI is InChI=1S/C20H20Si2/c1-21(2)17-11-7-13-6-10-16-18(22(3)4)12-8-14-5-9-15(17)19(13)20(14)16/h5-12H,1-4H3. The zero-order valence-electron chi connectivity index (χ0n) is 13.6. The Labute approximate surface area is 135 Å². The van der Waals surface area contributed by atoms with Crippen LogP contribution >= 0.6 is 0 Å². The fraction of sp³-hybridized carbons (Fsp3) is 0.200. The van der Waals surface area contributed by atoms with Crippen molar-refractivity contribution in [3.8, 4) is 0 Å². The highest BCUT2D eigenvalue weighted by molar-refractivity contribution is 6.74. The molecule has 4 aromatic carbocycles. The van der Waals surface area contributed by atoms with Gasteiger partial charge in [-0.15, -0.1) is 0 Å². The second-order valence-electron chi connectivity index (χ2n) is 6.65. The first-order valence-electron chi connectivity index (χ1n) is 7.89. The Morgan fingerprint density at radius 1 is 0.500 bits per heavy atom. The summed E-state index contributed by atoms with van der Waals surface area (Å²) >= 11 is 0. The van der Waals surface area contributed by atoms with Crippen molar-refractivity contribution < 1.29 is 0 Å². The van der Waals surface area contributed by atoms with Crippen LogP contribution in [0.25, 0.3) is 32.3 Å². The molecule has 0 atom stereocenters. The van der Waals surface area contributed by atoms with E-state index in [0.29, 0.717) is 0 Å². The van der Waals surface area contributed by atoms with Crippen LogP contribution in [-0.2, 0) is 0 Å². The average molecular weight is 317 g/mol. The smallest absolute Gasteiger partial charge is 0.0671 e. The van der Waals surface area contributed by atoms with E-state index < -0.39 is 17.6 Å². The third-order valence-electron chi connectivity index (χ3n) is 4.74. The normalized spacial score (nSPS) is 12.5. The van der Waals surface area contributed by atoms with Crippen LogP contribution in [0.1, 0.15) is 0 Å². The SMILES string of the molecule is C[Si](C)c1ccc2ccc3c([Si](C)C)ccc4ccc1c2c43. The van der Waals surface area contributed by atoms with E-state index >= 15 is 0 Å². The van der Waals surface area contributed by atoms with Gasteiger partial charge in [-0.05, 0) is 32.3 Å². The average Bonchev–Trinajstić information content (AvgIpc) is 2.51. The molecule has 4 aromatic rings. The van der Waals surface area contributed by atoms with Crippen molar-refractivity contribution in [2.24, 2.45) is 0 Å². The van der Waals surface area contributed by atoms with Gasteiger partial charge >= 0.3 is 0 Å². The van der Waals surface area contributed by atoms with Gasteiger partial charge in [0.05, 0.1) is 17.6 Å². The molecule has 4 rings (SSSR count). The highest BCUT2D eigenvalue weighted by Gasteiger charge is 2.15. The number of rotatable bonds is 2. The molecule has 0 bridgehead atoms. The molecule has 0 saturated carbocycles. The Morgan fingerprint density at radius 3 is 1.23 bits per heavy atom. The fourth-order valence-electron chi connectivity index (χ4n) is 3.67. The van der Waals surface area contributed by atoms with Crippen molar-refractivity contribution in [3.05, 3.63) is 48.5 Å². The molecule has 0 aliphatic heterocycles. The molecule has 0 fully saturated rings. The van der Waals surface area contributed by atoms with Gasteiger partial charge in [0, 0.05) is 0 Å². The maximum Gasteiger partial charge on any atom is 0.0799 e. The minimum absolute atomic E-state index is 0.454. The molecule has 2 radical (unpaired) electrons. The molecule has 0 unspecified atom stereocenters. The first kappa shape index (κ1) is 14.0. The molecule has 0 aromatic heterocycles. The second-order valence-corrected chi connectivity index (χ2v) is 11.7. The van der Waals surface area contributed by atoms with E-state index in [2.05, 4.69) is 74.7 Å². The van der Waals surface area contributed by atoms with Gasteiger partial charge in [0.15, 0.2) is 0 Å². The van der Waals surface area contributed by atoms with Crippen molar-refractivity contribution in [2.45, 2.75) is 26.2 Å². The van der Waals surface area contributed by atoms with Gasteiger partial charge in [0.25, 0.3) is 0 Å². The van der Waals surface area contributed by atoms with E-state index in [4.69, 9.17) is 0 Å². The molecule has 0 heterocycles. The first-order chi connectivity index (χ1) is 10.6. The van der Waals surface area contributed by atoms with E-state index in [1.54, 1.807) is 10.4 Å². The summed E-state index contributed by atoms with van der Waals surface area (Å²) < 4.78 is 0. The van der Waals surface area contributed by atoms with Crippen molar-refractivity contribution in [1.82, 2.24) is 0 Å². The molecule has 0 spiro atoms. The summed E-state index contributed by atoms with van der Waals surface area (Å²) in [7, 11) is -0.908. The summed E-state index contributed by atoms with van der Waals surface area (Å²) in [5, 5.41) is 11.8. The molecule has 0 saturated heterocycles. The van der Waals surface area contributed by atoms with Gasteiger partial charge in [-0.25, -0.2) is 0 Å². The zero-order valence-corrected chi connectivity index (χ0v) is 15.6. The fourth-order valence-corrected chi connectivity index (χ4v) is 6.00. The Kier molecular flexibility index (Phi) is 3.13. The summed E-state index contributed by atoms with van der Waals surface area (Å²) in [5.74, 6) is 0. The monoisotopic (exact) mass is 316 g/mol. The molecule has 2 heteroatoms. The largest absolute Gasteiger partial charge is 0.0799 e. The van der Waals surface area contributed by atoms with Crippen LogP contribution in [-0.4, -0.2) is 17.6 Å². The molecular weight excluding hydrogens is 296 g/mol. The van der Waals surface area contributed by atoms with Crippen LogP contribution in [0.5, 0.6) is 0 Å². The molecule has 22 heavy (non-hydrogen) atoms. The predicted octanol–water partition coefficient (Wildman–Crippen LogP) is 4.51. The summed E-state index contributed by atoms with van der Waals surface area (Å²) in [4.78, 5) is 0. The van der Waals surface area contributed by atoms with Crippen molar-refractivity contribution >= 4 is 60.3 Å². The lowest BCUT2D eigenvalue weighted by atomic mass is 9.94. The van der Waals surface area contributed by atoms with Gasteiger partial charge in [0.1, 0.15) is 0 Å². The van der Waals surface area contributed by atoms with E-state index in [1.807, 2.05) is 0 Å². The van der Waals surface area contributed by atoms with Gasteiger partial charge in [-0.1, -0.05) is 85.1 Å². The topological polar surface area (TPSA) is 0 Å². The molecule has 0 aliphatic carbocycles. The zero-order chi connectivity index (χ0) is 15.4. The summed E-state index contributed by atoms with van der Waals surface area (Å²) in [5.41, 5.74) is 0. The van der Waals surface area contributed by atoms with Gasteiger partial charge in [-0.2, -0.15) is 0 Å². The first-order valence-corrected chi connectivity index (χ1v) is 12.9. The molecular formula is C20H20Si2.